The van der Waals surface area contributed by atoms with E-state index in [1.807, 2.05) is 30.5 Å². The number of aromatic nitrogens is 4. The summed E-state index contributed by atoms with van der Waals surface area (Å²) in [4.78, 5) is 61.9. The van der Waals surface area contributed by atoms with E-state index in [0.29, 0.717) is 36.3 Å². The smallest absolute Gasteiger partial charge is 0.283 e. The average Bonchev–Trinajstić information content (AvgIpc) is 3.71. The number of non-ortho nitro benzene ring substituents is 2. The van der Waals surface area contributed by atoms with Crippen LogP contribution >= 0.6 is 58.2 Å². The fourth-order valence-electron chi connectivity index (χ4n) is 6.84. The molecule has 2 heterocycles. The zero-order valence-corrected chi connectivity index (χ0v) is 38.2. The number of hydrogen-bond acceptors (Lipinski definition) is 11. The summed E-state index contributed by atoms with van der Waals surface area (Å²) in [6.45, 7) is 2.03. The van der Waals surface area contributed by atoms with Crippen LogP contribution in [-0.2, 0) is 23.1 Å². The molecule has 1 N–H and O–H groups in total. The first kappa shape index (κ1) is 46.6. The molecule has 0 saturated carbocycles. The van der Waals surface area contributed by atoms with E-state index in [2.05, 4.69) is 0 Å². The molecule has 0 fully saturated rings. The molecule has 0 aliphatic rings. The van der Waals surface area contributed by atoms with Crippen LogP contribution in [0.2, 0.25) is 20.1 Å². The van der Waals surface area contributed by atoms with Crippen LogP contribution in [0.4, 0.5) is 11.4 Å². The molecule has 2 aromatic heterocycles. The SMILES string of the molecule is CSc1ccc2c(c1)c(=O)n(Cc1cc([N+](=O)[O-])ccc1O)n2Cc1ccc(Cl)c(Cl)c1.Cc1ccc(S(=O)(=O)n2c3ccc([N+](=O)[O-])cc3c(=O)n2C(=O)c2c(Cl)cccc2Cl)cc1. The summed E-state index contributed by atoms with van der Waals surface area (Å²) in [5, 5.41) is 33.5. The van der Waals surface area contributed by atoms with E-state index in [-0.39, 0.29) is 60.5 Å². The molecule has 0 saturated heterocycles. The van der Waals surface area contributed by atoms with Gasteiger partial charge in [0.05, 0.1) is 75.3 Å². The Bertz CT molecular complexity index is 3480. The van der Waals surface area contributed by atoms with E-state index >= 15 is 0 Å². The van der Waals surface area contributed by atoms with E-state index in [4.69, 9.17) is 46.4 Å². The van der Waals surface area contributed by atoms with Crippen molar-refractivity contribution in [2.45, 2.75) is 29.8 Å². The monoisotopic (exact) mass is 994 g/mol. The van der Waals surface area contributed by atoms with Gasteiger partial charge in [-0.25, -0.2) is 4.68 Å². The van der Waals surface area contributed by atoms with Crippen molar-refractivity contribution >= 4 is 107 Å². The normalized spacial score (nSPS) is 11.4. The van der Waals surface area contributed by atoms with Crippen LogP contribution in [0.3, 0.4) is 0 Å². The summed E-state index contributed by atoms with van der Waals surface area (Å²) in [5.74, 6) is -1.23. The molecule has 0 atom stereocenters. The van der Waals surface area contributed by atoms with Crippen molar-refractivity contribution in [2.24, 2.45) is 0 Å². The second kappa shape index (κ2) is 18.6. The third-order valence-corrected chi connectivity index (χ3v) is 13.8. The minimum atomic E-state index is -4.50. The molecule has 0 bridgehead atoms. The number of nitrogens with zero attached hydrogens (tertiary/aromatic N) is 6. The number of rotatable bonds is 10. The van der Waals surface area contributed by atoms with Gasteiger partial charge in [-0.3, -0.25) is 39.3 Å². The molecule has 0 radical (unpaired) electrons. The number of aromatic hydroxyl groups is 1. The zero-order valence-electron chi connectivity index (χ0n) is 33.5. The summed E-state index contributed by atoms with van der Waals surface area (Å²) < 4.78 is 31.3. The standard InChI is InChI=1S/C22H17Cl2N3O4S.C21H13Cl2N3O6S/c1-32-16-4-6-20-17(10-16)22(29)26(12-14-9-15(27(30)31)3-7-21(14)28)25(20)11-13-2-5-18(23)19(24)8-13;1-12-5-8-14(9-6-12)33(31,32)25-18-10-7-13(26(29)30)11-15(18)20(27)24(25)21(28)19-16(22)3-2-4-17(19)23/h2-10,28H,11-12H2,1H3;2-11H,1H3. The molecule has 0 unspecified atom stereocenters. The highest BCUT2D eigenvalue weighted by Crippen LogP contribution is 2.30. The predicted octanol–water partition coefficient (Wildman–Crippen LogP) is 9.79. The maximum Gasteiger partial charge on any atom is 0.283 e. The molecular formula is C43H30Cl4N6O10S2. The van der Waals surface area contributed by atoms with Gasteiger partial charge >= 0.3 is 0 Å². The van der Waals surface area contributed by atoms with E-state index in [0.717, 1.165) is 34.2 Å². The molecule has 0 aliphatic heterocycles. The average molecular weight is 997 g/mol. The Morgan fingerprint density at radius 2 is 1.31 bits per heavy atom. The lowest BCUT2D eigenvalue weighted by atomic mass is 10.2. The van der Waals surface area contributed by atoms with Gasteiger partial charge in [0.25, 0.3) is 38.4 Å². The van der Waals surface area contributed by atoms with Crippen LogP contribution in [0, 0.1) is 27.2 Å². The number of phenols is 1. The third-order valence-electron chi connectivity index (χ3n) is 10.1. The van der Waals surface area contributed by atoms with Crippen LogP contribution in [-0.4, -0.2) is 53.7 Å². The lowest BCUT2D eigenvalue weighted by Gasteiger charge is -2.14. The summed E-state index contributed by atoms with van der Waals surface area (Å²) in [6, 6.07) is 27.6. The second-order valence-corrected chi connectivity index (χ2v) is 18.4. The molecule has 8 aromatic rings. The topological polar surface area (TPSA) is 212 Å². The van der Waals surface area contributed by atoms with Gasteiger partial charge in [0, 0.05) is 34.7 Å². The van der Waals surface area contributed by atoms with E-state index in [9.17, 15) is 48.1 Å². The number of nitro groups is 2. The maximum atomic E-state index is 13.6. The quantitative estimate of drug-likeness (QED) is 0.0774. The number of nitro benzene ring substituents is 2. The largest absolute Gasteiger partial charge is 0.508 e. The van der Waals surface area contributed by atoms with Crippen LogP contribution in [0.5, 0.6) is 5.75 Å². The van der Waals surface area contributed by atoms with Crippen molar-refractivity contribution in [3.05, 3.63) is 199 Å². The van der Waals surface area contributed by atoms with Crippen molar-refractivity contribution in [1.29, 1.82) is 0 Å². The van der Waals surface area contributed by atoms with Crippen molar-refractivity contribution in [1.82, 2.24) is 18.1 Å². The Kier molecular flexibility index (Phi) is 13.3. The molecule has 332 valence electrons. The predicted molar refractivity (Wildman–Crippen MR) is 250 cm³/mol. The molecule has 8 rings (SSSR count). The first-order chi connectivity index (χ1) is 30.8. The van der Waals surface area contributed by atoms with Crippen molar-refractivity contribution in [2.75, 3.05) is 6.26 Å². The van der Waals surface area contributed by atoms with Gasteiger partial charge in [-0.1, -0.05) is 76.2 Å². The minimum Gasteiger partial charge on any atom is -0.508 e. The highest BCUT2D eigenvalue weighted by molar-refractivity contribution is 7.98. The first-order valence-corrected chi connectivity index (χ1v) is 22.9. The van der Waals surface area contributed by atoms with Gasteiger partial charge in [-0.15, -0.1) is 11.8 Å². The molecule has 65 heavy (non-hydrogen) atoms. The van der Waals surface area contributed by atoms with Gasteiger partial charge in [0.15, 0.2) is 0 Å². The molecule has 0 amide bonds. The summed E-state index contributed by atoms with van der Waals surface area (Å²) in [6.07, 6.45) is 1.92. The number of benzene rings is 6. The number of aryl methyl sites for hydroxylation is 1. The van der Waals surface area contributed by atoms with Crippen molar-refractivity contribution in [3.63, 3.8) is 0 Å². The summed E-state index contributed by atoms with van der Waals surface area (Å²) in [5.41, 5.74) is 0.118. The summed E-state index contributed by atoms with van der Waals surface area (Å²) in [7, 11) is -4.50. The van der Waals surface area contributed by atoms with Crippen LogP contribution < -0.4 is 11.1 Å². The first-order valence-electron chi connectivity index (χ1n) is 18.7. The third kappa shape index (κ3) is 9.13. The fourth-order valence-corrected chi connectivity index (χ4v) is 9.62. The van der Waals surface area contributed by atoms with Gasteiger partial charge < -0.3 is 5.11 Å². The number of hydrogen-bond donors (Lipinski definition) is 1. The Labute approximate surface area is 391 Å². The van der Waals surface area contributed by atoms with Crippen molar-refractivity contribution in [3.8, 4) is 5.75 Å². The van der Waals surface area contributed by atoms with Crippen LogP contribution in [0.25, 0.3) is 21.8 Å². The molecule has 16 nitrogen and oxygen atoms in total. The van der Waals surface area contributed by atoms with Gasteiger partial charge in [0.1, 0.15) is 5.75 Å². The Morgan fingerprint density at radius 1 is 0.692 bits per heavy atom. The number of carbonyl (C=O) groups excluding carboxylic acids is 1. The minimum absolute atomic E-state index is 0.0447. The van der Waals surface area contributed by atoms with Crippen LogP contribution in [0.15, 0.2) is 135 Å². The summed E-state index contributed by atoms with van der Waals surface area (Å²) >= 11 is 26.0. The number of phenolic OH excluding ortho intramolecular Hbond substituents is 1. The van der Waals surface area contributed by atoms with E-state index in [1.165, 1.54) is 65.0 Å². The lowest BCUT2D eigenvalue weighted by Crippen LogP contribution is -2.34. The molecule has 22 heteroatoms. The van der Waals surface area contributed by atoms with Gasteiger partial charge in [0.2, 0.25) is 0 Å². The van der Waals surface area contributed by atoms with E-state index < -0.39 is 37.0 Å². The zero-order chi connectivity index (χ0) is 47.1. The Balaban J connectivity index is 0.000000194. The maximum absolute atomic E-state index is 13.6. The molecule has 0 aliphatic carbocycles. The molecule has 6 aromatic carbocycles. The Morgan fingerprint density at radius 3 is 1.94 bits per heavy atom. The highest BCUT2D eigenvalue weighted by Gasteiger charge is 2.31. The van der Waals surface area contributed by atoms with Gasteiger partial charge in [-0.2, -0.15) is 17.2 Å². The lowest BCUT2D eigenvalue weighted by molar-refractivity contribution is -0.385. The fraction of sp³-hybridized carbons (Fsp3) is 0.0930. The van der Waals surface area contributed by atoms with Gasteiger partial charge in [-0.05, 0) is 85.5 Å². The Hall–Kier alpha value is -6.41. The number of thioether (sulfide) groups is 1. The number of fused-ring (bicyclic) bond motifs is 2. The second-order valence-electron chi connectivity index (χ2n) is 14.2. The molecular weight excluding hydrogens is 966 g/mol. The van der Waals surface area contributed by atoms with Crippen molar-refractivity contribution < 1.29 is 28.2 Å². The molecule has 0 spiro atoms. The van der Waals surface area contributed by atoms with Crippen LogP contribution in [0.1, 0.15) is 27.0 Å². The highest BCUT2D eigenvalue weighted by atomic mass is 35.5. The van der Waals surface area contributed by atoms with E-state index in [1.54, 1.807) is 35.9 Å². The number of carbonyl (C=O) groups is 1. The number of halogens is 4.